The van der Waals surface area contributed by atoms with Gasteiger partial charge in [-0.3, -0.25) is 4.79 Å². The number of benzene rings is 2. The molecule has 0 amide bonds. The number of ketones is 1. The van der Waals surface area contributed by atoms with E-state index in [1.165, 1.54) is 18.4 Å². The molecule has 1 aromatic heterocycles. The summed E-state index contributed by atoms with van der Waals surface area (Å²) in [6.07, 6.45) is 3.05. The van der Waals surface area contributed by atoms with Crippen LogP contribution in [0.4, 0.5) is 0 Å². The van der Waals surface area contributed by atoms with Crippen molar-refractivity contribution in [3.63, 3.8) is 0 Å². The van der Waals surface area contributed by atoms with Crippen molar-refractivity contribution >= 4 is 17.8 Å². The van der Waals surface area contributed by atoms with Crippen molar-refractivity contribution in [3.8, 4) is 17.2 Å². The van der Waals surface area contributed by atoms with Gasteiger partial charge in [-0.15, -0.1) is 0 Å². The van der Waals surface area contributed by atoms with Gasteiger partial charge in [0.15, 0.2) is 5.76 Å². The molecular formula is C22H16O6. The quantitative estimate of drug-likeness (QED) is 0.370. The first-order chi connectivity index (χ1) is 13.6. The van der Waals surface area contributed by atoms with E-state index in [4.69, 9.17) is 18.6 Å². The van der Waals surface area contributed by atoms with Crippen LogP contribution in [0, 0.1) is 0 Å². The number of carbonyl (C=O) groups excluding carboxylic acids is 2. The number of allylic oxidation sites excluding steroid dienone is 1. The van der Waals surface area contributed by atoms with Crippen LogP contribution in [0.15, 0.2) is 71.0 Å². The first-order valence-electron chi connectivity index (χ1n) is 8.71. The van der Waals surface area contributed by atoms with Crippen LogP contribution >= 0.6 is 0 Å². The standard InChI is InChI=1S/C22H16O6/c1-2-25-15-7-5-14(6-8-15)12-20-21(23)17-10-9-16(13-19(17)28-20)27-22(24)18-4-3-11-26-18/h3-13H,2H2,1H3. The molecule has 0 saturated heterocycles. The maximum absolute atomic E-state index is 12.6. The van der Waals surface area contributed by atoms with Gasteiger partial charge in [-0.1, -0.05) is 12.1 Å². The number of rotatable bonds is 5. The smallest absolute Gasteiger partial charge is 0.379 e. The Hall–Kier alpha value is -3.80. The highest BCUT2D eigenvalue weighted by Crippen LogP contribution is 2.35. The third kappa shape index (κ3) is 3.53. The second-order valence-corrected chi connectivity index (χ2v) is 5.97. The first kappa shape index (κ1) is 17.6. The molecule has 3 aromatic rings. The Labute approximate surface area is 160 Å². The van der Waals surface area contributed by atoms with Crippen LogP contribution in [-0.4, -0.2) is 18.4 Å². The van der Waals surface area contributed by atoms with Gasteiger partial charge in [-0.05, 0) is 55.0 Å². The van der Waals surface area contributed by atoms with Gasteiger partial charge in [0.05, 0.1) is 18.4 Å². The lowest BCUT2D eigenvalue weighted by molar-refractivity contribution is 0.0701. The summed E-state index contributed by atoms with van der Waals surface area (Å²) >= 11 is 0. The third-order valence-corrected chi connectivity index (χ3v) is 4.06. The lowest BCUT2D eigenvalue weighted by Gasteiger charge is -2.04. The van der Waals surface area contributed by atoms with Gasteiger partial charge < -0.3 is 18.6 Å². The molecule has 0 radical (unpaired) electrons. The van der Waals surface area contributed by atoms with E-state index in [-0.39, 0.29) is 23.1 Å². The molecule has 1 aliphatic heterocycles. The van der Waals surface area contributed by atoms with E-state index >= 15 is 0 Å². The van der Waals surface area contributed by atoms with Crippen LogP contribution in [0.25, 0.3) is 6.08 Å². The Morgan fingerprint density at radius 1 is 1.07 bits per heavy atom. The van der Waals surface area contributed by atoms with Crippen molar-refractivity contribution in [2.75, 3.05) is 6.61 Å². The summed E-state index contributed by atoms with van der Waals surface area (Å²) in [6, 6.07) is 15.1. The summed E-state index contributed by atoms with van der Waals surface area (Å²) in [4.78, 5) is 24.5. The number of hydrogen-bond acceptors (Lipinski definition) is 6. The van der Waals surface area contributed by atoms with Crippen LogP contribution in [0.3, 0.4) is 0 Å². The largest absolute Gasteiger partial charge is 0.494 e. The highest BCUT2D eigenvalue weighted by Gasteiger charge is 2.28. The first-order valence-corrected chi connectivity index (χ1v) is 8.71. The predicted molar refractivity (Wildman–Crippen MR) is 101 cm³/mol. The molecule has 6 nitrogen and oxygen atoms in total. The molecule has 0 saturated carbocycles. The molecule has 4 rings (SSSR count). The molecule has 0 fully saturated rings. The number of esters is 1. The van der Waals surface area contributed by atoms with Crippen LogP contribution in [-0.2, 0) is 0 Å². The number of ether oxygens (including phenoxy) is 3. The number of furan rings is 1. The molecule has 0 unspecified atom stereocenters. The van der Waals surface area contributed by atoms with Crippen molar-refractivity contribution in [1.82, 2.24) is 0 Å². The number of hydrogen-bond donors (Lipinski definition) is 0. The van der Waals surface area contributed by atoms with Crippen LogP contribution in [0.1, 0.15) is 33.4 Å². The van der Waals surface area contributed by atoms with Gasteiger partial charge in [0.2, 0.25) is 11.5 Å². The van der Waals surface area contributed by atoms with Crippen LogP contribution in [0.2, 0.25) is 0 Å². The van der Waals surface area contributed by atoms with Crippen LogP contribution in [0.5, 0.6) is 17.2 Å². The van der Waals surface area contributed by atoms with E-state index in [0.29, 0.717) is 17.9 Å². The van der Waals surface area contributed by atoms with E-state index in [1.54, 1.807) is 24.3 Å². The maximum atomic E-state index is 12.6. The normalized spacial score (nSPS) is 13.9. The van der Waals surface area contributed by atoms with Crippen molar-refractivity contribution in [2.24, 2.45) is 0 Å². The molecule has 0 spiro atoms. The van der Waals surface area contributed by atoms with E-state index in [1.807, 2.05) is 31.2 Å². The lowest BCUT2D eigenvalue weighted by Crippen LogP contribution is -2.07. The van der Waals surface area contributed by atoms with Gasteiger partial charge in [-0.25, -0.2) is 4.79 Å². The van der Waals surface area contributed by atoms with Crippen molar-refractivity contribution in [2.45, 2.75) is 6.92 Å². The second kappa shape index (κ2) is 7.44. The SMILES string of the molecule is CCOc1ccc(C=C2Oc3cc(OC(=O)c4ccco4)ccc3C2=O)cc1. The van der Waals surface area contributed by atoms with E-state index in [2.05, 4.69) is 0 Å². The Kier molecular flexibility index (Phi) is 4.68. The van der Waals surface area contributed by atoms with Gasteiger partial charge >= 0.3 is 5.97 Å². The minimum Gasteiger partial charge on any atom is -0.494 e. The third-order valence-electron chi connectivity index (χ3n) is 4.06. The number of carbonyl (C=O) groups is 2. The monoisotopic (exact) mass is 376 g/mol. The molecule has 1 aliphatic rings. The van der Waals surface area contributed by atoms with Crippen molar-refractivity contribution in [1.29, 1.82) is 0 Å². The average molecular weight is 376 g/mol. The number of Topliss-reactive ketones (excluding diaryl/α,β-unsaturated/α-hetero) is 1. The summed E-state index contributed by atoms with van der Waals surface area (Å²) in [5.74, 6) is 0.797. The summed E-state index contributed by atoms with van der Waals surface area (Å²) < 4.78 is 21.3. The Morgan fingerprint density at radius 2 is 1.86 bits per heavy atom. The lowest BCUT2D eigenvalue weighted by atomic mass is 10.1. The minimum absolute atomic E-state index is 0.0913. The molecule has 0 bridgehead atoms. The molecule has 0 N–H and O–H groups in total. The molecule has 6 heteroatoms. The Morgan fingerprint density at radius 3 is 2.57 bits per heavy atom. The molecule has 0 aliphatic carbocycles. The van der Waals surface area contributed by atoms with Gasteiger partial charge in [0.25, 0.3) is 0 Å². The minimum atomic E-state index is -0.626. The zero-order valence-electron chi connectivity index (χ0n) is 15.0. The highest BCUT2D eigenvalue weighted by molar-refractivity contribution is 6.14. The zero-order chi connectivity index (χ0) is 19.5. The maximum Gasteiger partial charge on any atom is 0.379 e. The van der Waals surface area contributed by atoms with Gasteiger partial charge in [0.1, 0.15) is 17.2 Å². The second-order valence-electron chi connectivity index (χ2n) is 5.97. The van der Waals surface area contributed by atoms with Crippen LogP contribution < -0.4 is 14.2 Å². The fraction of sp³-hybridized carbons (Fsp3) is 0.0909. The molecular weight excluding hydrogens is 360 g/mol. The molecule has 28 heavy (non-hydrogen) atoms. The van der Waals surface area contributed by atoms with Crippen molar-refractivity contribution in [3.05, 3.63) is 83.5 Å². The predicted octanol–water partition coefficient (Wildman–Crippen LogP) is 4.51. The summed E-state index contributed by atoms with van der Waals surface area (Å²) in [7, 11) is 0. The Balaban J connectivity index is 1.52. The fourth-order valence-corrected chi connectivity index (χ4v) is 2.76. The summed E-state index contributed by atoms with van der Waals surface area (Å²) in [5.41, 5.74) is 1.22. The molecule has 0 atom stereocenters. The van der Waals surface area contributed by atoms with Gasteiger partial charge in [0, 0.05) is 6.07 Å². The summed E-state index contributed by atoms with van der Waals surface area (Å²) in [5, 5.41) is 0. The van der Waals surface area contributed by atoms with E-state index < -0.39 is 5.97 Å². The van der Waals surface area contributed by atoms with Gasteiger partial charge in [-0.2, -0.15) is 0 Å². The number of fused-ring (bicyclic) bond motifs is 1. The average Bonchev–Trinajstić information content (AvgIpc) is 3.33. The molecule has 2 heterocycles. The fourth-order valence-electron chi connectivity index (χ4n) is 2.76. The summed E-state index contributed by atoms with van der Waals surface area (Å²) in [6.45, 7) is 2.50. The zero-order valence-corrected chi connectivity index (χ0v) is 15.0. The topological polar surface area (TPSA) is 75.0 Å². The van der Waals surface area contributed by atoms with Crippen molar-refractivity contribution < 1.29 is 28.2 Å². The van der Waals surface area contributed by atoms with E-state index in [0.717, 1.165) is 11.3 Å². The highest BCUT2D eigenvalue weighted by atomic mass is 16.5. The van der Waals surface area contributed by atoms with E-state index in [9.17, 15) is 9.59 Å². The Bertz CT molecular complexity index is 1050. The molecule has 140 valence electrons. The molecule has 2 aromatic carbocycles.